The molecule has 2 aromatic carbocycles. The van der Waals surface area contributed by atoms with Crippen molar-refractivity contribution in [3.05, 3.63) is 58.1 Å². The van der Waals surface area contributed by atoms with Crippen LogP contribution in [0.1, 0.15) is 75.3 Å². The van der Waals surface area contributed by atoms with Crippen molar-refractivity contribution in [3.8, 4) is 11.1 Å². The van der Waals surface area contributed by atoms with Crippen molar-refractivity contribution in [2.45, 2.75) is 78.2 Å². The minimum atomic E-state index is -0.136. The highest BCUT2D eigenvalue weighted by molar-refractivity contribution is 8.14. The molecule has 1 fully saturated rings. The summed E-state index contributed by atoms with van der Waals surface area (Å²) >= 11 is 1.10. The van der Waals surface area contributed by atoms with E-state index in [1.54, 1.807) is 0 Å². The third-order valence-electron chi connectivity index (χ3n) is 7.25. The number of benzene rings is 2. The second-order valence-corrected chi connectivity index (χ2v) is 11.2. The third kappa shape index (κ3) is 3.84. The fourth-order valence-electron chi connectivity index (χ4n) is 5.12. The average molecular weight is 436 g/mol. The molecule has 1 heterocycles. The zero-order valence-electron chi connectivity index (χ0n) is 19.6. The van der Waals surface area contributed by atoms with Crippen molar-refractivity contribution in [3.63, 3.8) is 0 Å². The smallest absolute Gasteiger partial charge is 0.273 e. The normalized spacial score (nSPS) is 19.6. The predicted molar refractivity (Wildman–Crippen MR) is 130 cm³/mol. The van der Waals surface area contributed by atoms with Gasteiger partial charge in [-0.1, -0.05) is 76.7 Å². The van der Waals surface area contributed by atoms with E-state index in [-0.39, 0.29) is 27.7 Å². The monoisotopic (exact) mass is 435 g/mol. The van der Waals surface area contributed by atoms with E-state index in [4.69, 9.17) is 0 Å². The maximum atomic E-state index is 12.3. The minimum Gasteiger partial charge on any atom is -0.273 e. The summed E-state index contributed by atoms with van der Waals surface area (Å²) in [5.41, 5.74) is 9.22. The summed E-state index contributed by atoms with van der Waals surface area (Å²) in [7, 11) is 0. The molecule has 164 valence electrons. The van der Waals surface area contributed by atoms with Gasteiger partial charge in [-0.25, -0.2) is 0 Å². The van der Waals surface area contributed by atoms with Crippen LogP contribution in [0.15, 0.2) is 30.3 Å². The molecule has 0 bridgehead atoms. The van der Waals surface area contributed by atoms with Gasteiger partial charge in [0.25, 0.3) is 5.24 Å². The van der Waals surface area contributed by atoms with Crippen LogP contribution in [0, 0.1) is 6.92 Å². The molecule has 1 saturated heterocycles. The number of fused-ring (bicyclic) bond motifs is 1. The highest BCUT2D eigenvalue weighted by Gasteiger charge is 2.38. The number of rotatable bonds is 4. The van der Waals surface area contributed by atoms with E-state index in [0.717, 1.165) is 23.7 Å². The van der Waals surface area contributed by atoms with Gasteiger partial charge in [0.05, 0.1) is 12.3 Å². The van der Waals surface area contributed by atoms with E-state index in [9.17, 15) is 9.59 Å². The molecule has 1 aliphatic carbocycles. The Balaban J connectivity index is 1.90. The van der Waals surface area contributed by atoms with Gasteiger partial charge in [0.15, 0.2) is 0 Å². The Morgan fingerprint density at radius 3 is 2.16 bits per heavy atom. The highest BCUT2D eigenvalue weighted by Crippen LogP contribution is 2.48. The largest absolute Gasteiger partial charge is 0.289 e. The zero-order chi connectivity index (χ0) is 22.6. The van der Waals surface area contributed by atoms with Gasteiger partial charge in [-0.15, -0.1) is 0 Å². The Morgan fingerprint density at radius 1 is 0.968 bits per heavy atom. The van der Waals surface area contributed by atoms with Crippen LogP contribution in [0.5, 0.6) is 0 Å². The van der Waals surface area contributed by atoms with Crippen molar-refractivity contribution >= 4 is 22.9 Å². The van der Waals surface area contributed by atoms with E-state index in [1.807, 2.05) is 0 Å². The lowest BCUT2D eigenvalue weighted by molar-refractivity contribution is -0.125. The minimum absolute atomic E-state index is 0.0899. The number of thioether (sulfide) groups is 1. The fourth-order valence-corrected chi connectivity index (χ4v) is 5.85. The van der Waals surface area contributed by atoms with Gasteiger partial charge in [-0.2, -0.15) is 0 Å². The topological polar surface area (TPSA) is 37.4 Å². The summed E-state index contributed by atoms with van der Waals surface area (Å²) in [6.07, 6.45) is 3.27. The number of amides is 2. The van der Waals surface area contributed by atoms with E-state index in [2.05, 4.69) is 71.9 Å². The van der Waals surface area contributed by atoms with Crippen LogP contribution in [0.2, 0.25) is 0 Å². The first-order chi connectivity index (χ1) is 14.5. The average Bonchev–Trinajstić information content (AvgIpc) is 3.03. The van der Waals surface area contributed by atoms with Crippen LogP contribution < -0.4 is 0 Å². The van der Waals surface area contributed by atoms with Gasteiger partial charge in [0.2, 0.25) is 5.91 Å². The molecule has 0 atom stereocenters. The number of carbonyl (C=O) groups excluding carboxylic acids is 2. The molecule has 4 heteroatoms. The first-order valence-electron chi connectivity index (χ1n) is 11.3. The summed E-state index contributed by atoms with van der Waals surface area (Å²) in [6, 6.07) is 11.1. The summed E-state index contributed by atoms with van der Waals surface area (Å²) in [6.45, 7) is 14.1. The number of aryl methyl sites for hydroxylation is 2. The Hall–Kier alpha value is -2.07. The van der Waals surface area contributed by atoms with Gasteiger partial charge < -0.3 is 0 Å². The van der Waals surface area contributed by atoms with E-state index in [1.165, 1.54) is 51.1 Å². The van der Waals surface area contributed by atoms with Gasteiger partial charge in [0.1, 0.15) is 0 Å². The first-order valence-corrected chi connectivity index (χ1v) is 12.3. The van der Waals surface area contributed by atoms with Crippen LogP contribution >= 0.6 is 11.8 Å². The van der Waals surface area contributed by atoms with Gasteiger partial charge in [-0.3, -0.25) is 14.5 Å². The SMILES string of the molecule is CCc1cccc(CN2C(=O)CSC2=O)c1-c1cc2c(cc1C)C(C)(C)CCC2(C)C. The number of hydrogen-bond donors (Lipinski definition) is 0. The lowest BCUT2D eigenvalue weighted by Gasteiger charge is -2.42. The van der Waals surface area contributed by atoms with E-state index in [0.29, 0.717) is 6.54 Å². The maximum absolute atomic E-state index is 12.3. The molecule has 31 heavy (non-hydrogen) atoms. The maximum Gasteiger partial charge on any atom is 0.289 e. The zero-order valence-corrected chi connectivity index (χ0v) is 20.4. The van der Waals surface area contributed by atoms with Crippen LogP contribution in [0.4, 0.5) is 4.79 Å². The highest BCUT2D eigenvalue weighted by atomic mass is 32.2. The van der Waals surface area contributed by atoms with Crippen LogP contribution in [-0.4, -0.2) is 21.8 Å². The summed E-state index contributed by atoms with van der Waals surface area (Å²) in [5.74, 6) is 0.163. The Morgan fingerprint density at radius 2 is 1.58 bits per heavy atom. The summed E-state index contributed by atoms with van der Waals surface area (Å²) in [5, 5.41) is -0.136. The van der Waals surface area contributed by atoms with E-state index >= 15 is 0 Å². The van der Waals surface area contributed by atoms with Crippen LogP contribution in [-0.2, 0) is 28.6 Å². The quantitative estimate of drug-likeness (QED) is 0.532. The number of nitrogens with zero attached hydrogens (tertiary/aromatic N) is 1. The van der Waals surface area contributed by atoms with Crippen molar-refractivity contribution in [1.82, 2.24) is 4.90 Å². The predicted octanol–water partition coefficient (Wildman–Crippen LogP) is 6.77. The van der Waals surface area contributed by atoms with Gasteiger partial charge in [-0.05, 0) is 76.0 Å². The van der Waals surface area contributed by atoms with Crippen molar-refractivity contribution < 1.29 is 9.59 Å². The molecule has 0 N–H and O–H groups in total. The number of hydrogen-bond acceptors (Lipinski definition) is 3. The lowest BCUT2D eigenvalue weighted by Crippen LogP contribution is -2.34. The van der Waals surface area contributed by atoms with Crippen LogP contribution in [0.25, 0.3) is 11.1 Å². The van der Waals surface area contributed by atoms with Crippen molar-refractivity contribution in [2.24, 2.45) is 0 Å². The first kappa shape index (κ1) is 22.1. The molecule has 0 saturated carbocycles. The molecule has 0 unspecified atom stereocenters. The molecule has 2 aliphatic rings. The van der Waals surface area contributed by atoms with Crippen molar-refractivity contribution in [1.29, 1.82) is 0 Å². The second-order valence-electron chi connectivity index (χ2n) is 10.3. The van der Waals surface area contributed by atoms with E-state index < -0.39 is 0 Å². The molecule has 1 aliphatic heterocycles. The Kier molecular flexibility index (Phi) is 5.58. The second kappa shape index (κ2) is 7.81. The lowest BCUT2D eigenvalue weighted by atomic mass is 9.62. The molecule has 4 rings (SSSR count). The Labute approximate surface area is 190 Å². The standard InChI is InChI=1S/C27H33NO2S/c1-7-18-9-8-10-19(15-28-23(29)16-31-25(28)30)24(18)20-14-22-21(13-17(20)2)26(3,4)11-12-27(22,5)6/h8-10,13-14H,7,11-12,15-16H2,1-6H3. The molecule has 0 aromatic heterocycles. The molecular formula is C27H33NO2S. The van der Waals surface area contributed by atoms with Gasteiger partial charge in [0, 0.05) is 0 Å². The summed E-state index contributed by atoms with van der Waals surface area (Å²) < 4.78 is 0. The number of carbonyl (C=O) groups is 2. The summed E-state index contributed by atoms with van der Waals surface area (Å²) in [4.78, 5) is 26.0. The molecule has 2 aromatic rings. The Bertz CT molecular complexity index is 1050. The molecule has 2 amide bonds. The third-order valence-corrected chi connectivity index (χ3v) is 8.11. The fraction of sp³-hybridized carbons (Fsp3) is 0.481. The van der Waals surface area contributed by atoms with Gasteiger partial charge >= 0.3 is 0 Å². The molecular weight excluding hydrogens is 402 g/mol. The molecule has 0 spiro atoms. The molecule has 3 nitrogen and oxygen atoms in total. The molecule has 0 radical (unpaired) electrons. The van der Waals surface area contributed by atoms with Crippen molar-refractivity contribution in [2.75, 3.05) is 5.75 Å². The van der Waals surface area contributed by atoms with Crippen LogP contribution in [0.3, 0.4) is 0 Å². The number of imide groups is 1.